The summed E-state index contributed by atoms with van der Waals surface area (Å²) < 4.78 is 5.63. The number of hydrogen-bond acceptors (Lipinski definition) is 3. The predicted octanol–water partition coefficient (Wildman–Crippen LogP) is 3.26. The second-order valence-electron chi connectivity index (χ2n) is 8.31. The van der Waals surface area contributed by atoms with Crippen LogP contribution in [0.25, 0.3) is 0 Å². The Bertz CT molecular complexity index is 399. The normalized spacial score (nSPS) is 21.9. The first-order chi connectivity index (χ1) is 12.7. The van der Waals surface area contributed by atoms with Crippen molar-refractivity contribution in [2.45, 2.75) is 65.2 Å². The van der Waals surface area contributed by atoms with Crippen LogP contribution in [-0.4, -0.2) is 63.8 Å². The van der Waals surface area contributed by atoms with Gasteiger partial charge in [-0.2, -0.15) is 0 Å². The van der Waals surface area contributed by atoms with Crippen molar-refractivity contribution < 1.29 is 4.74 Å². The summed E-state index contributed by atoms with van der Waals surface area (Å²) in [5.74, 6) is 1.87. The molecule has 26 heavy (non-hydrogen) atoms. The number of aliphatic imine (C=N–C) groups is 1. The zero-order valence-corrected chi connectivity index (χ0v) is 17.5. The largest absolute Gasteiger partial charge is 0.382 e. The summed E-state index contributed by atoms with van der Waals surface area (Å²) in [5, 5.41) is 7.02. The number of ether oxygens (including phenoxy) is 1. The fourth-order valence-corrected chi connectivity index (χ4v) is 4.38. The van der Waals surface area contributed by atoms with Gasteiger partial charge in [0, 0.05) is 32.8 Å². The molecule has 1 saturated heterocycles. The third kappa shape index (κ3) is 7.43. The average molecular weight is 367 g/mol. The third-order valence-corrected chi connectivity index (χ3v) is 6.25. The van der Waals surface area contributed by atoms with Crippen LogP contribution in [0.5, 0.6) is 0 Å². The van der Waals surface area contributed by atoms with E-state index in [1.54, 1.807) is 0 Å². The molecule has 1 aliphatic heterocycles. The lowest BCUT2D eigenvalue weighted by Crippen LogP contribution is -2.40. The minimum Gasteiger partial charge on any atom is -0.382 e. The quantitative estimate of drug-likeness (QED) is 0.354. The Morgan fingerprint density at radius 1 is 1.15 bits per heavy atom. The SMILES string of the molecule is CCNC(=NCC1(CCOCC)CCCC1)NCCC1CCN(C)CC1. The number of piperidine rings is 1. The molecular weight excluding hydrogens is 324 g/mol. The monoisotopic (exact) mass is 366 g/mol. The van der Waals surface area contributed by atoms with E-state index >= 15 is 0 Å². The van der Waals surface area contributed by atoms with Crippen LogP contribution in [0, 0.1) is 11.3 Å². The van der Waals surface area contributed by atoms with Crippen LogP contribution in [0.2, 0.25) is 0 Å². The number of hydrogen-bond donors (Lipinski definition) is 2. The van der Waals surface area contributed by atoms with Gasteiger partial charge < -0.3 is 20.3 Å². The molecular formula is C21H42N4O. The summed E-state index contributed by atoms with van der Waals surface area (Å²) in [7, 11) is 2.23. The topological polar surface area (TPSA) is 48.9 Å². The highest BCUT2D eigenvalue weighted by Crippen LogP contribution is 2.41. The third-order valence-electron chi connectivity index (χ3n) is 6.25. The van der Waals surface area contributed by atoms with Gasteiger partial charge in [0.15, 0.2) is 5.96 Å². The molecule has 0 radical (unpaired) electrons. The van der Waals surface area contributed by atoms with Crippen molar-refractivity contribution in [1.29, 1.82) is 0 Å². The van der Waals surface area contributed by atoms with E-state index in [0.717, 1.165) is 51.1 Å². The van der Waals surface area contributed by atoms with Gasteiger partial charge in [0.2, 0.25) is 0 Å². The van der Waals surface area contributed by atoms with Crippen molar-refractivity contribution in [3.05, 3.63) is 0 Å². The second kappa shape index (κ2) is 11.8. The molecule has 5 nitrogen and oxygen atoms in total. The zero-order valence-electron chi connectivity index (χ0n) is 17.5. The van der Waals surface area contributed by atoms with E-state index in [2.05, 4.69) is 36.4 Å². The van der Waals surface area contributed by atoms with E-state index in [1.165, 1.54) is 58.0 Å². The fraction of sp³-hybridized carbons (Fsp3) is 0.952. The Morgan fingerprint density at radius 2 is 1.88 bits per heavy atom. The highest BCUT2D eigenvalue weighted by atomic mass is 16.5. The van der Waals surface area contributed by atoms with Crippen molar-refractivity contribution in [1.82, 2.24) is 15.5 Å². The molecule has 1 saturated carbocycles. The van der Waals surface area contributed by atoms with Crippen molar-refractivity contribution in [3.8, 4) is 0 Å². The zero-order chi connectivity index (χ0) is 18.7. The molecule has 0 aromatic heterocycles. The van der Waals surface area contributed by atoms with Crippen molar-refractivity contribution >= 4 is 5.96 Å². The number of guanidine groups is 1. The Balaban J connectivity index is 1.78. The molecule has 0 spiro atoms. The standard InChI is InChI=1S/C21H42N4O/c1-4-22-20(23-14-8-19-9-15-25(3)16-10-19)24-18-21(11-6-7-12-21)13-17-26-5-2/h19H,4-18H2,1-3H3,(H2,22,23,24). The minimum absolute atomic E-state index is 0.367. The fourth-order valence-electron chi connectivity index (χ4n) is 4.38. The Hall–Kier alpha value is -0.810. The summed E-state index contributed by atoms with van der Waals surface area (Å²) >= 11 is 0. The number of rotatable bonds is 10. The van der Waals surface area contributed by atoms with E-state index < -0.39 is 0 Å². The number of nitrogens with zero attached hydrogens (tertiary/aromatic N) is 2. The molecule has 0 bridgehead atoms. The van der Waals surface area contributed by atoms with Crippen molar-refractivity contribution in [2.24, 2.45) is 16.3 Å². The van der Waals surface area contributed by atoms with E-state index in [-0.39, 0.29) is 0 Å². The van der Waals surface area contributed by atoms with Gasteiger partial charge in [-0.15, -0.1) is 0 Å². The maximum absolute atomic E-state index is 5.63. The van der Waals surface area contributed by atoms with Gasteiger partial charge in [0.25, 0.3) is 0 Å². The van der Waals surface area contributed by atoms with Crippen LogP contribution in [0.3, 0.4) is 0 Å². The Kier molecular flexibility index (Phi) is 9.76. The maximum Gasteiger partial charge on any atom is 0.191 e. The second-order valence-corrected chi connectivity index (χ2v) is 8.31. The first-order valence-electron chi connectivity index (χ1n) is 11.0. The predicted molar refractivity (Wildman–Crippen MR) is 111 cm³/mol. The van der Waals surface area contributed by atoms with Gasteiger partial charge in [0.1, 0.15) is 0 Å². The molecule has 1 heterocycles. The molecule has 0 atom stereocenters. The molecule has 152 valence electrons. The van der Waals surface area contributed by atoms with Crippen LogP contribution in [-0.2, 0) is 4.74 Å². The van der Waals surface area contributed by atoms with E-state index in [9.17, 15) is 0 Å². The van der Waals surface area contributed by atoms with Crippen LogP contribution >= 0.6 is 0 Å². The van der Waals surface area contributed by atoms with E-state index in [1.807, 2.05) is 0 Å². The lowest BCUT2D eigenvalue weighted by atomic mass is 9.83. The van der Waals surface area contributed by atoms with Gasteiger partial charge in [-0.3, -0.25) is 4.99 Å². The molecule has 2 N–H and O–H groups in total. The summed E-state index contributed by atoms with van der Waals surface area (Å²) in [5.41, 5.74) is 0.367. The molecule has 0 aromatic rings. The molecule has 0 unspecified atom stereocenters. The highest BCUT2D eigenvalue weighted by molar-refractivity contribution is 5.79. The summed E-state index contributed by atoms with van der Waals surface area (Å²) in [6.45, 7) is 11.3. The molecule has 0 aromatic carbocycles. The van der Waals surface area contributed by atoms with Crippen LogP contribution in [0.1, 0.15) is 65.2 Å². The summed E-state index contributed by atoms with van der Waals surface area (Å²) in [6, 6.07) is 0. The molecule has 0 amide bonds. The van der Waals surface area contributed by atoms with Crippen LogP contribution in [0.15, 0.2) is 4.99 Å². The highest BCUT2D eigenvalue weighted by Gasteiger charge is 2.33. The summed E-state index contributed by atoms with van der Waals surface area (Å²) in [6.07, 6.45) is 10.4. The first-order valence-corrected chi connectivity index (χ1v) is 11.0. The van der Waals surface area contributed by atoms with Crippen molar-refractivity contribution in [2.75, 3.05) is 53.0 Å². The smallest absolute Gasteiger partial charge is 0.191 e. The lowest BCUT2D eigenvalue weighted by Gasteiger charge is -2.29. The van der Waals surface area contributed by atoms with Crippen LogP contribution < -0.4 is 10.6 Å². The molecule has 1 aliphatic carbocycles. The van der Waals surface area contributed by atoms with E-state index in [4.69, 9.17) is 9.73 Å². The number of likely N-dealkylation sites (tertiary alicyclic amines) is 1. The van der Waals surface area contributed by atoms with Gasteiger partial charge in [-0.1, -0.05) is 12.8 Å². The maximum atomic E-state index is 5.63. The van der Waals surface area contributed by atoms with Crippen molar-refractivity contribution in [3.63, 3.8) is 0 Å². The molecule has 2 aliphatic rings. The molecule has 2 rings (SSSR count). The molecule has 2 fully saturated rings. The van der Waals surface area contributed by atoms with Gasteiger partial charge in [0.05, 0.1) is 0 Å². The Morgan fingerprint density at radius 3 is 2.54 bits per heavy atom. The minimum atomic E-state index is 0.367. The van der Waals surface area contributed by atoms with E-state index in [0.29, 0.717) is 5.41 Å². The van der Waals surface area contributed by atoms with Gasteiger partial charge >= 0.3 is 0 Å². The lowest BCUT2D eigenvalue weighted by molar-refractivity contribution is 0.107. The van der Waals surface area contributed by atoms with Gasteiger partial charge in [-0.25, -0.2) is 0 Å². The average Bonchev–Trinajstić information content (AvgIpc) is 3.11. The number of nitrogens with one attached hydrogen (secondary N) is 2. The Labute approximate surface area is 161 Å². The van der Waals surface area contributed by atoms with Gasteiger partial charge in [-0.05, 0) is 83.8 Å². The van der Waals surface area contributed by atoms with Crippen LogP contribution in [0.4, 0.5) is 0 Å². The molecule has 5 heteroatoms. The summed E-state index contributed by atoms with van der Waals surface area (Å²) in [4.78, 5) is 7.41. The first kappa shape index (κ1) is 21.5.